The summed E-state index contributed by atoms with van der Waals surface area (Å²) in [7, 11) is 3.49. The van der Waals surface area contributed by atoms with Crippen LogP contribution in [-0.4, -0.2) is 22.0 Å². The maximum atomic E-state index is 9.11. The van der Waals surface area contributed by atoms with E-state index in [1.54, 1.807) is 13.2 Å². The lowest BCUT2D eigenvalue weighted by molar-refractivity contribution is 0.270. The van der Waals surface area contributed by atoms with Crippen molar-refractivity contribution < 1.29 is 14.6 Å². The van der Waals surface area contributed by atoms with Crippen LogP contribution in [0.4, 0.5) is 0 Å². The van der Waals surface area contributed by atoms with Crippen LogP contribution >= 0.6 is 0 Å². The molecule has 5 nitrogen and oxygen atoms in total. The Morgan fingerprint density at radius 2 is 2.05 bits per heavy atom. The van der Waals surface area contributed by atoms with Crippen LogP contribution in [0.5, 0.6) is 11.5 Å². The van der Waals surface area contributed by atoms with E-state index in [1.165, 1.54) is 0 Å². The molecule has 0 aliphatic heterocycles. The number of aliphatic hydroxyl groups excluding tert-OH is 1. The topological polar surface area (TPSA) is 56.5 Å². The van der Waals surface area contributed by atoms with E-state index in [4.69, 9.17) is 14.6 Å². The van der Waals surface area contributed by atoms with Gasteiger partial charge in [-0.15, -0.1) is 0 Å². The number of methoxy groups -OCH3 is 1. The van der Waals surface area contributed by atoms with E-state index in [0.717, 1.165) is 23.4 Å². The molecular weight excluding hydrogens is 256 g/mol. The predicted molar refractivity (Wildman–Crippen MR) is 75.8 cm³/mol. The van der Waals surface area contributed by atoms with Gasteiger partial charge < -0.3 is 14.6 Å². The normalized spacial score (nSPS) is 10.6. The van der Waals surface area contributed by atoms with E-state index in [-0.39, 0.29) is 6.61 Å². The molecule has 0 fully saturated rings. The van der Waals surface area contributed by atoms with Gasteiger partial charge in [0.05, 0.1) is 25.1 Å². The minimum atomic E-state index is -0.0156. The Kier molecular flexibility index (Phi) is 4.63. The first-order chi connectivity index (χ1) is 9.67. The quantitative estimate of drug-likeness (QED) is 0.877. The second-order valence-electron chi connectivity index (χ2n) is 4.54. The van der Waals surface area contributed by atoms with Crippen molar-refractivity contribution in [1.82, 2.24) is 9.78 Å². The summed E-state index contributed by atoms with van der Waals surface area (Å²) in [4.78, 5) is 0. The molecule has 0 unspecified atom stereocenters. The fourth-order valence-electron chi connectivity index (χ4n) is 1.96. The lowest BCUT2D eigenvalue weighted by Gasteiger charge is -2.11. The van der Waals surface area contributed by atoms with Crippen molar-refractivity contribution in [1.29, 1.82) is 0 Å². The molecule has 0 radical (unpaired) electrons. The van der Waals surface area contributed by atoms with Crippen LogP contribution in [0.2, 0.25) is 0 Å². The van der Waals surface area contributed by atoms with Crippen molar-refractivity contribution in [2.24, 2.45) is 7.05 Å². The van der Waals surface area contributed by atoms with Crippen LogP contribution in [0.25, 0.3) is 0 Å². The number of nitrogens with zero attached hydrogens (tertiary/aromatic N) is 2. The maximum Gasteiger partial charge on any atom is 0.161 e. The highest BCUT2D eigenvalue weighted by molar-refractivity contribution is 5.42. The molecule has 5 heteroatoms. The van der Waals surface area contributed by atoms with Gasteiger partial charge in [-0.1, -0.05) is 13.0 Å². The third-order valence-electron chi connectivity index (χ3n) is 3.18. The summed E-state index contributed by atoms with van der Waals surface area (Å²) in [5.74, 6) is 1.28. The molecule has 0 atom stereocenters. The van der Waals surface area contributed by atoms with Crippen LogP contribution in [0.3, 0.4) is 0 Å². The van der Waals surface area contributed by atoms with E-state index < -0.39 is 0 Å². The fraction of sp³-hybridized carbons (Fsp3) is 0.400. The minimum Gasteiger partial charge on any atom is -0.493 e. The van der Waals surface area contributed by atoms with E-state index >= 15 is 0 Å². The Morgan fingerprint density at radius 3 is 2.65 bits per heavy atom. The molecule has 1 aromatic carbocycles. The van der Waals surface area contributed by atoms with E-state index in [1.807, 2.05) is 29.9 Å². The second kappa shape index (κ2) is 6.43. The SMILES string of the molecule is CCc1cc(COc2ccc(CO)cc2OC)n(C)n1. The number of aliphatic hydroxyl groups is 1. The summed E-state index contributed by atoms with van der Waals surface area (Å²) >= 11 is 0. The standard InChI is InChI=1S/C15H20N2O3/c1-4-12-8-13(17(2)16-12)10-20-14-6-5-11(9-18)7-15(14)19-3/h5-8,18H,4,9-10H2,1-3H3. The number of hydrogen-bond acceptors (Lipinski definition) is 4. The van der Waals surface area contributed by atoms with Gasteiger partial charge in [-0.25, -0.2) is 0 Å². The molecule has 1 N–H and O–H groups in total. The predicted octanol–water partition coefficient (Wildman–Crippen LogP) is 2.06. The molecule has 2 aromatic rings. The monoisotopic (exact) mass is 276 g/mol. The highest BCUT2D eigenvalue weighted by atomic mass is 16.5. The number of aromatic nitrogens is 2. The summed E-state index contributed by atoms with van der Waals surface area (Å²) in [5, 5.41) is 13.5. The molecule has 20 heavy (non-hydrogen) atoms. The van der Waals surface area contributed by atoms with Gasteiger partial charge in [0.15, 0.2) is 11.5 Å². The summed E-state index contributed by atoms with van der Waals surface area (Å²) < 4.78 is 12.9. The second-order valence-corrected chi connectivity index (χ2v) is 4.54. The Balaban J connectivity index is 2.11. The number of aryl methyl sites for hydroxylation is 2. The van der Waals surface area contributed by atoms with Gasteiger partial charge in [0, 0.05) is 7.05 Å². The average Bonchev–Trinajstić information content (AvgIpc) is 2.85. The molecule has 1 aromatic heterocycles. The van der Waals surface area contributed by atoms with Crippen LogP contribution < -0.4 is 9.47 Å². The van der Waals surface area contributed by atoms with Gasteiger partial charge in [0.1, 0.15) is 6.61 Å². The molecule has 0 saturated carbocycles. The van der Waals surface area contributed by atoms with Crippen LogP contribution in [0, 0.1) is 0 Å². The third-order valence-corrected chi connectivity index (χ3v) is 3.18. The van der Waals surface area contributed by atoms with Gasteiger partial charge in [-0.3, -0.25) is 4.68 Å². The number of benzene rings is 1. The highest BCUT2D eigenvalue weighted by Gasteiger charge is 2.08. The summed E-state index contributed by atoms with van der Waals surface area (Å²) in [5.41, 5.74) is 2.85. The molecule has 0 aliphatic rings. The molecule has 0 aliphatic carbocycles. The first-order valence-corrected chi connectivity index (χ1v) is 6.60. The van der Waals surface area contributed by atoms with Crippen LogP contribution in [0.15, 0.2) is 24.3 Å². The number of hydrogen-bond donors (Lipinski definition) is 1. The zero-order valence-electron chi connectivity index (χ0n) is 12.1. The first kappa shape index (κ1) is 14.4. The number of ether oxygens (including phenoxy) is 2. The van der Waals surface area contributed by atoms with Crippen molar-refractivity contribution >= 4 is 0 Å². The lowest BCUT2D eigenvalue weighted by Crippen LogP contribution is -2.04. The Labute approximate surface area is 118 Å². The van der Waals surface area contributed by atoms with E-state index in [9.17, 15) is 0 Å². The van der Waals surface area contributed by atoms with Crippen LogP contribution in [0.1, 0.15) is 23.9 Å². The van der Waals surface area contributed by atoms with Gasteiger partial charge in [-0.05, 0) is 30.2 Å². The third kappa shape index (κ3) is 3.11. The largest absolute Gasteiger partial charge is 0.493 e. The lowest BCUT2D eigenvalue weighted by atomic mass is 10.2. The van der Waals surface area contributed by atoms with Crippen molar-refractivity contribution in [3.63, 3.8) is 0 Å². The van der Waals surface area contributed by atoms with Gasteiger partial charge >= 0.3 is 0 Å². The number of rotatable bonds is 6. The molecule has 1 heterocycles. The summed E-state index contributed by atoms with van der Waals surface area (Å²) in [6.45, 7) is 2.49. The molecule has 2 rings (SSSR count). The molecule has 0 bridgehead atoms. The Bertz CT molecular complexity index is 578. The maximum absolute atomic E-state index is 9.11. The van der Waals surface area contributed by atoms with E-state index in [0.29, 0.717) is 18.1 Å². The van der Waals surface area contributed by atoms with Gasteiger partial charge in [-0.2, -0.15) is 5.10 Å². The van der Waals surface area contributed by atoms with Crippen molar-refractivity contribution in [2.45, 2.75) is 26.6 Å². The smallest absolute Gasteiger partial charge is 0.161 e. The Hall–Kier alpha value is -2.01. The van der Waals surface area contributed by atoms with Crippen molar-refractivity contribution in [3.05, 3.63) is 41.2 Å². The van der Waals surface area contributed by atoms with Gasteiger partial charge in [0.25, 0.3) is 0 Å². The summed E-state index contributed by atoms with van der Waals surface area (Å²) in [6, 6.07) is 7.44. The molecule has 0 spiro atoms. The molecular formula is C15H20N2O3. The molecule has 0 amide bonds. The highest BCUT2D eigenvalue weighted by Crippen LogP contribution is 2.28. The Morgan fingerprint density at radius 1 is 1.25 bits per heavy atom. The average molecular weight is 276 g/mol. The van der Waals surface area contributed by atoms with Crippen molar-refractivity contribution in [3.8, 4) is 11.5 Å². The zero-order chi connectivity index (χ0) is 14.5. The van der Waals surface area contributed by atoms with E-state index in [2.05, 4.69) is 12.0 Å². The summed E-state index contributed by atoms with van der Waals surface area (Å²) in [6.07, 6.45) is 0.905. The minimum absolute atomic E-state index is 0.0156. The fourth-order valence-corrected chi connectivity index (χ4v) is 1.96. The molecule has 108 valence electrons. The van der Waals surface area contributed by atoms with Crippen LogP contribution in [-0.2, 0) is 26.7 Å². The molecule has 0 saturated heterocycles. The van der Waals surface area contributed by atoms with Gasteiger partial charge in [0.2, 0.25) is 0 Å². The first-order valence-electron chi connectivity index (χ1n) is 6.60. The zero-order valence-corrected chi connectivity index (χ0v) is 12.1. The van der Waals surface area contributed by atoms with Crippen molar-refractivity contribution in [2.75, 3.05) is 7.11 Å².